The van der Waals surface area contributed by atoms with E-state index in [4.69, 9.17) is 0 Å². The lowest BCUT2D eigenvalue weighted by Gasteiger charge is -2.33. The fourth-order valence-electron chi connectivity index (χ4n) is 4.18. The Kier molecular flexibility index (Phi) is 14.2. The average molecular weight is 606 g/mol. The third-order valence-corrected chi connectivity index (χ3v) is 7.37. The highest BCUT2D eigenvalue weighted by Crippen LogP contribution is 2.15. The van der Waals surface area contributed by atoms with Crippen molar-refractivity contribution in [3.05, 3.63) is 58.3 Å². The van der Waals surface area contributed by atoms with Crippen LogP contribution in [0.4, 0.5) is 9.59 Å². The number of carbonyl (C=O) groups excluding carboxylic acids is 4. The van der Waals surface area contributed by atoms with Crippen LogP contribution >= 0.6 is 11.3 Å². The van der Waals surface area contributed by atoms with Crippen molar-refractivity contribution in [3.8, 4) is 0 Å². The summed E-state index contributed by atoms with van der Waals surface area (Å²) in [5.74, 6) is -1.47. The largest absolute Gasteiger partial charge is 0.453 e. The van der Waals surface area contributed by atoms with E-state index in [0.29, 0.717) is 0 Å². The van der Waals surface area contributed by atoms with Gasteiger partial charge in [0.2, 0.25) is 5.91 Å². The number of ether oxygens (including phenoxy) is 2. The molecule has 2 aromatic rings. The first kappa shape index (κ1) is 34.5. The van der Waals surface area contributed by atoms with Crippen molar-refractivity contribution < 1.29 is 33.8 Å². The lowest BCUT2D eigenvalue weighted by atomic mass is 9.98. The van der Waals surface area contributed by atoms with Crippen molar-refractivity contribution in [1.29, 1.82) is 0 Å². The van der Waals surface area contributed by atoms with Crippen molar-refractivity contribution >= 4 is 35.3 Å². The number of carbonyl (C=O) groups is 4. The summed E-state index contributed by atoms with van der Waals surface area (Å²) in [6.07, 6.45) is -2.34. The van der Waals surface area contributed by atoms with Crippen LogP contribution in [-0.4, -0.2) is 79.1 Å². The van der Waals surface area contributed by atoms with Gasteiger partial charge in [-0.2, -0.15) is 0 Å². The number of nitrogens with zero attached hydrogens (tertiary/aromatic N) is 1. The van der Waals surface area contributed by atoms with Gasteiger partial charge in [-0.1, -0.05) is 64.1 Å². The van der Waals surface area contributed by atoms with Crippen LogP contribution in [0.3, 0.4) is 0 Å². The summed E-state index contributed by atoms with van der Waals surface area (Å²) in [7, 11) is 2.43. The van der Waals surface area contributed by atoms with E-state index in [1.54, 1.807) is 32.7 Å². The summed E-state index contributed by atoms with van der Waals surface area (Å²) in [5, 5.41) is 23.0. The lowest BCUT2D eigenvalue weighted by molar-refractivity contribution is -0.131. The molecule has 0 aliphatic heterocycles. The Labute approximate surface area is 251 Å². The number of hydrazine groups is 1. The molecular weight excluding hydrogens is 562 g/mol. The second kappa shape index (κ2) is 17.3. The van der Waals surface area contributed by atoms with Gasteiger partial charge in [0.1, 0.15) is 12.1 Å². The minimum absolute atomic E-state index is 0.0543. The average Bonchev–Trinajstić information content (AvgIpc) is 3.46. The molecule has 2 rings (SSSR count). The summed E-state index contributed by atoms with van der Waals surface area (Å²) in [6.45, 7) is 7.37. The van der Waals surface area contributed by atoms with Crippen molar-refractivity contribution in [2.24, 2.45) is 11.8 Å². The number of methoxy groups -OCH3 is 2. The Morgan fingerprint density at radius 1 is 0.833 bits per heavy atom. The van der Waals surface area contributed by atoms with Crippen molar-refractivity contribution in [1.82, 2.24) is 26.4 Å². The van der Waals surface area contributed by atoms with Crippen molar-refractivity contribution in [2.45, 2.75) is 64.9 Å². The SMILES string of the molecule is COC(=O)N[C@H](C(=O)NC(Cc1ccccc1)[C@@H](O)CN(Cc1cccs1)NC(=O)[C@@H](NC(=O)OC)C(C)C)C(C)C. The van der Waals surface area contributed by atoms with Gasteiger partial charge in [-0.3, -0.25) is 15.0 Å². The van der Waals surface area contributed by atoms with Crippen LogP contribution in [0.2, 0.25) is 0 Å². The number of thiophene rings is 1. The van der Waals surface area contributed by atoms with E-state index in [9.17, 15) is 24.3 Å². The van der Waals surface area contributed by atoms with E-state index in [0.717, 1.165) is 10.4 Å². The lowest BCUT2D eigenvalue weighted by Crippen LogP contribution is -2.59. The first-order valence-electron chi connectivity index (χ1n) is 13.7. The molecule has 13 heteroatoms. The molecule has 1 unspecified atom stereocenters. The predicted octanol–water partition coefficient (Wildman–Crippen LogP) is 2.43. The Balaban J connectivity index is 2.31. The van der Waals surface area contributed by atoms with Gasteiger partial charge in [-0.25, -0.2) is 14.6 Å². The molecule has 42 heavy (non-hydrogen) atoms. The summed E-state index contributed by atoms with van der Waals surface area (Å²) in [6, 6.07) is 10.6. The molecule has 1 heterocycles. The second-order valence-corrected chi connectivity index (χ2v) is 11.6. The number of aliphatic hydroxyl groups is 1. The van der Waals surface area contributed by atoms with Crippen LogP contribution in [0, 0.1) is 11.8 Å². The summed E-state index contributed by atoms with van der Waals surface area (Å²) >= 11 is 1.48. The topological polar surface area (TPSA) is 158 Å². The maximum absolute atomic E-state index is 13.3. The molecule has 4 atom stereocenters. The van der Waals surface area contributed by atoms with E-state index in [1.807, 2.05) is 47.8 Å². The second-order valence-electron chi connectivity index (χ2n) is 10.5. The van der Waals surface area contributed by atoms with Gasteiger partial charge in [0, 0.05) is 11.4 Å². The van der Waals surface area contributed by atoms with Gasteiger partial charge in [0.15, 0.2) is 0 Å². The van der Waals surface area contributed by atoms with Crippen molar-refractivity contribution in [2.75, 3.05) is 20.8 Å². The summed E-state index contributed by atoms with van der Waals surface area (Å²) in [4.78, 5) is 51.3. The number of hydrogen-bond acceptors (Lipinski definition) is 9. The predicted molar refractivity (Wildman–Crippen MR) is 159 cm³/mol. The zero-order chi connectivity index (χ0) is 31.2. The summed E-state index contributed by atoms with van der Waals surface area (Å²) in [5.41, 5.74) is 3.70. The molecule has 0 radical (unpaired) electrons. The van der Waals surface area contributed by atoms with Crippen LogP contribution in [0.1, 0.15) is 38.1 Å². The zero-order valence-electron chi connectivity index (χ0n) is 25.0. The first-order chi connectivity index (χ1) is 19.9. The number of nitrogens with one attached hydrogen (secondary N) is 4. The van der Waals surface area contributed by atoms with Crippen LogP contribution in [0.25, 0.3) is 0 Å². The minimum Gasteiger partial charge on any atom is -0.453 e. The summed E-state index contributed by atoms with van der Waals surface area (Å²) < 4.78 is 9.35. The number of aliphatic hydroxyl groups excluding tert-OH is 1. The van der Waals surface area contributed by atoms with E-state index in [1.165, 1.54) is 25.6 Å². The van der Waals surface area contributed by atoms with Crippen LogP contribution in [0.15, 0.2) is 47.8 Å². The normalized spacial score (nSPS) is 14.0. The zero-order valence-corrected chi connectivity index (χ0v) is 25.8. The molecule has 0 fully saturated rings. The van der Waals surface area contributed by atoms with Crippen LogP contribution in [0.5, 0.6) is 0 Å². The number of rotatable bonds is 15. The molecule has 0 saturated heterocycles. The van der Waals surface area contributed by atoms with Gasteiger partial charge in [-0.05, 0) is 35.3 Å². The van der Waals surface area contributed by atoms with E-state index >= 15 is 0 Å². The number of amides is 4. The van der Waals surface area contributed by atoms with Crippen LogP contribution in [-0.2, 0) is 32.0 Å². The molecule has 0 aliphatic rings. The Hall–Kier alpha value is -3.68. The Morgan fingerprint density at radius 3 is 1.90 bits per heavy atom. The van der Waals surface area contributed by atoms with E-state index in [2.05, 4.69) is 30.8 Å². The Bertz CT molecular complexity index is 1130. The fraction of sp³-hybridized carbons (Fsp3) is 0.517. The molecule has 0 bridgehead atoms. The molecule has 12 nitrogen and oxygen atoms in total. The molecule has 0 spiro atoms. The van der Waals surface area contributed by atoms with Gasteiger partial charge in [0.05, 0.1) is 32.9 Å². The third-order valence-electron chi connectivity index (χ3n) is 6.51. The van der Waals surface area contributed by atoms with Gasteiger partial charge in [0.25, 0.3) is 5.91 Å². The molecule has 4 amide bonds. The number of alkyl carbamates (subject to hydrolysis) is 2. The maximum Gasteiger partial charge on any atom is 0.407 e. The highest BCUT2D eigenvalue weighted by Gasteiger charge is 2.32. The Morgan fingerprint density at radius 2 is 1.40 bits per heavy atom. The standard InChI is InChI=1S/C29H43N5O7S/c1-18(2)24(31-28(38)40-5)26(36)30-22(15-20-11-8-7-9-12-20)23(35)17-34(16-21-13-10-14-42-21)33-27(37)25(19(3)4)32-29(39)41-6/h7-14,18-19,22-25,35H,15-17H2,1-6H3,(H,30,36)(H,31,38)(H,32,39)(H,33,37)/t22?,23-,24-,25-/m0/s1. The number of benzene rings is 1. The molecule has 5 N–H and O–H groups in total. The highest BCUT2D eigenvalue weighted by atomic mass is 32.1. The molecule has 0 saturated carbocycles. The quantitative estimate of drug-likeness (QED) is 0.194. The maximum atomic E-state index is 13.3. The monoisotopic (exact) mass is 605 g/mol. The minimum atomic E-state index is -1.15. The number of hydrogen-bond donors (Lipinski definition) is 5. The van der Waals surface area contributed by atoms with Gasteiger partial charge in [-0.15, -0.1) is 11.3 Å². The van der Waals surface area contributed by atoms with E-state index in [-0.39, 0.29) is 31.3 Å². The van der Waals surface area contributed by atoms with Gasteiger partial charge >= 0.3 is 12.2 Å². The van der Waals surface area contributed by atoms with E-state index < -0.39 is 48.2 Å². The highest BCUT2D eigenvalue weighted by molar-refractivity contribution is 7.09. The molecule has 232 valence electrons. The fourth-order valence-corrected chi connectivity index (χ4v) is 4.90. The molecular formula is C29H43N5O7S. The van der Waals surface area contributed by atoms with Gasteiger partial charge < -0.3 is 30.5 Å². The smallest absolute Gasteiger partial charge is 0.407 e. The molecule has 1 aromatic carbocycles. The molecule has 1 aromatic heterocycles. The van der Waals surface area contributed by atoms with Crippen molar-refractivity contribution in [3.63, 3.8) is 0 Å². The first-order valence-corrected chi connectivity index (χ1v) is 14.6. The third kappa shape index (κ3) is 11.3. The van der Waals surface area contributed by atoms with Crippen LogP contribution < -0.4 is 21.4 Å². The molecule has 0 aliphatic carbocycles.